The zero-order valence-corrected chi connectivity index (χ0v) is 18.2. The van der Waals surface area contributed by atoms with Crippen molar-refractivity contribution in [3.63, 3.8) is 0 Å². The van der Waals surface area contributed by atoms with Gasteiger partial charge in [-0.3, -0.25) is 14.4 Å². The Morgan fingerprint density at radius 2 is 1.50 bits per heavy atom. The van der Waals surface area contributed by atoms with Crippen LogP contribution in [0.5, 0.6) is 5.75 Å². The van der Waals surface area contributed by atoms with Gasteiger partial charge < -0.3 is 4.74 Å². The number of benzene rings is 3. The van der Waals surface area contributed by atoms with E-state index >= 15 is 0 Å². The van der Waals surface area contributed by atoms with E-state index in [2.05, 4.69) is 4.74 Å². The number of carbonyl (C=O) groups is 2. The Morgan fingerprint density at radius 1 is 0.833 bits per heavy atom. The van der Waals surface area contributed by atoms with Gasteiger partial charge in [-0.25, -0.2) is 9.96 Å². The Labute approximate surface area is 201 Å². The van der Waals surface area contributed by atoms with Crippen LogP contribution in [0.4, 0.5) is 33.3 Å². The highest BCUT2D eigenvalue weighted by molar-refractivity contribution is 6.24. The summed E-state index contributed by atoms with van der Waals surface area (Å²) in [5.41, 5.74) is -0.241. The van der Waals surface area contributed by atoms with Crippen molar-refractivity contribution >= 4 is 23.2 Å². The van der Waals surface area contributed by atoms with Crippen LogP contribution in [0.25, 0.3) is 0 Å². The molecule has 2 heterocycles. The molecule has 36 heavy (non-hydrogen) atoms. The molecule has 0 aliphatic carbocycles. The van der Waals surface area contributed by atoms with E-state index in [1.54, 1.807) is 30.3 Å². The minimum absolute atomic E-state index is 0.102. The van der Waals surface area contributed by atoms with E-state index in [1.807, 2.05) is 0 Å². The molecule has 0 spiro atoms. The highest BCUT2D eigenvalue weighted by atomic mass is 19.4. The highest BCUT2D eigenvalue weighted by Gasteiger charge is 2.60. The van der Waals surface area contributed by atoms with Gasteiger partial charge in [-0.1, -0.05) is 36.4 Å². The van der Waals surface area contributed by atoms with Crippen molar-refractivity contribution < 1.29 is 41.1 Å². The predicted octanol–water partition coefficient (Wildman–Crippen LogP) is 5.36. The van der Waals surface area contributed by atoms with E-state index in [9.17, 15) is 31.5 Å². The van der Waals surface area contributed by atoms with Crippen LogP contribution in [0.3, 0.4) is 0 Å². The molecule has 0 N–H and O–H groups in total. The lowest BCUT2D eigenvalue weighted by atomic mass is 9.90. The fourth-order valence-electron chi connectivity index (χ4n) is 4.47. The molecular formula is C25H17F5N2O4. The molecule has 2 aliphatic heterocycles. The van der Waals surface area contributed by atoms with E-state index in [-0.39, 0.29) is 11.4 Å². The summed E-state index contributed by atoms with van der Waals surface area (Å²) in [5.74, 6) is -2.74. The average Bonchev–Trinajstić information content (AvgIpc) is 3.35. The quantitative estimate of drug-likeness (QED) is 0.346. The van der Waals surface area contributed by atoms with Crippen molar-refractivity contribution in [1.82, 2.24) is 0 Å². The van der Waals surface area contributed by atoms with Crippen LogP contribution in [-0.2, 0) is 20.6 Å². The minimum Gasteiger partial charge on any atom is -0.435 e. The van der Waals surface area contributed by atoms with E-state index < -0.39 is 48.2 Å². The number of hydrogen-bond donors (Lipinski definition) is 0. The first-order valence-corrected chi connectivity index (χ1v) is 10.8. The van der Waals surface area contributed by atoms with E-state index in [0.29, 0.717) is 16.2 Å². The van der Waals surface area contributed by atoms with Crippen LogP contribution in [0, 0.1) is 5.92 Å². The molecule has 2 saturated heterocycles. The van der Waals surface area contributed by atoms with Crippen LogP contribution >= 0.6 is 0 Å². The molecule has 0 saturated carbocycles. The third-order valence-electron chi connectivity index (χ3n) is 6.00. The highest BCUT2D eigenvalue weighted by Crippen LogP contribution is 2.48. The summed E-state index contributed by atoms with van der Waals surface area (Å²) in [6.07, 6.45) is -5.96. The summed E-state index contributed by atoms with van der Waals surface area (Å²) in [7, 11) is 0. The molecule has 11 heteroatoms. The molecule has 186 valence electrons. The summed E-state index contributed by atoms with van der Waals surface area (Å²) in [5, 5.41) is 1.39. The third-order valence-corrected chi connectivity index (χ3v) is 6.00. The summed E-state index contributed by atoms with van der Waals surface area (Å²) in [6, 6.07) is 17.2. The Morgan fingerprint density at radius 3 is 2.14 bits per heavy atom. The number of hydrogen-bond acceptors (Lipinski definition) is 5. The van der Waals surface area contributed by atoms with Gasteiger partial charge in [-0.2, -0.15) is 22.0 Å². The van der Waals surface area contributed by atoms with Crippen LogP contribution in [0.15, 0.2) is 78.9 Å². The number of anilines is 2. The zero-order valence-electron chi connectivity index (χ0n) is 18.2. The first-order valence-electron chi connectivity index (χ1n) is 10.8. The minimum atomic E-state index is -4.66. The lowest BCUT2D eigenvalue weighted by molar-refractivity contribution is -0.137. The Bertz CT molecular complexity index is 1280. The van der Waals surface area contributed by atoms with Crippen molar-refractivity contribution in [3.8, 4) is 5.75 Å². The summed E-state index contributed by atoms with van der Waals surface area (Å²) in [4.78, 5) is 33.4. The molecule has 2 fully saturated rings. The molecule has 5 rings (SSSR count). The molecule has 3 aromatic rings. The number of amides is 2. The molecule has 0 radical (unpaired) electrons. The molecule has 0 unspecified atom stereocenters. The second-order valence-corrected chi connectivity index (χ2v) is 8.17. The Hall–Kier alpha value is -3.99. The molecule has 2 amide bonds. The van der Waals surface area contributed by atoms with Crippen molar-refractivity contribution in [2.45, 2.75) is 24.9 Å². The number of carbonyl (C=O) groups excluding carboxylic acids is 2. The molecule has 3 aromatic carbocycles. The Balaban J connectivity index is 1.54. The smallest absolute Gasteiger partial charge is 0.416 e. The molecule has 0 aromatic heterocycles. The lowest BCUT2D eigenvalue weighted by Gasteiger charge is -2.29. The van der Waals surface area contributed by atoms with Crippen LogP contribution in [0.2, 0.25) is 0 Å². The number of para-hydroxylation sites is 1. The molecule has 6 nitrogen and oxygen atoms in total. The number of ether oxygens (including phenoxy) is 1. The van der Waals surface area contributed by atoms with Gasteiger partial charge in [0.05, 0.1) is 23.0 Å². The Kier molecular flexibility index (Phi) is 5.87. The fourth-order valence-corrected chi connectivity index (χ4v) is 4.47. The number of fused-ring (bicyclic) bond motifs is 1. The van der Waals surface area contributed by atoms with Gasteiger partial charge in [0, 0.05) is 0 Å². The lowest BCUT2D eigenvalue weighted by Crippen LogP contribution is -2.37. The number of nitrogens with zero attached hydrogens (tertiary/aromatic N) is 2. The van der Waals surface area contributed by atoms with Crippen molar-refractivity contribution in [2.75, 3.05) is 9.96 Å². The molecule has 3 atom stereocenters. The zero-order chi connectivity index (χ0) is 25.6. The van der Waals surface area contributed by atoms with E-state index in [0.717, 1.165) is 18.2 Å². The van der Waals surface area contributed by atoms with Crippen LogP contribution in [0.1, 0.15) is 17.2 Å². The van der Waals surface area contributed by atoms with Gasteiger partial charge in [0.1, 0.15) is 11.7 Å². The number of halogens is 5. The standard InChI is InChI=1S/C25H17F5N2O4/c26-24(27)35-18-11-9-14(10-12-18)20-19-21(36-32(20)16-6-2-1-3-7-16)23(34)31(22(19)33)17-8-4-5-15(13-17)25(28,29)30/h1-13,19-21,24H/t19-,20-,21-/m0/s1. The summed E-state index contributed by atoms with van der Waals surface area (Å²) >= 11 is 0. The predicted molar refractivity (Wildman–Crippen MR) is 117 cm³/mol. The molecular weight excluding hydrogens is 487 g/mol. The SMILES string of the molecule is O=C1[C@@H]2[C@H](ON(c3ccccc3)[C@H]2c2ccc(OC(F)F)cc2)C(=O)N1c1cccc(C(F)(F)F)c1. The summed E-state index contributed by atoms with van der Waals surface area (Å²) < 4.78 is 69.2. The monoisotopic (exact) mass is 504 g/mol. The van der Waals surface area contributed by atoms with E-state index in [4.69, 9.17) is 4.84 Å². The first kappa shape index (κ1) is 23.7. The van der Waals surface area contributed by atoms with Gasteiger partial charge in [0.25, 0.3) is 5.91 Å². The van der Waals surface area contributed by atoms with Gasteiger partial charge in [-0.15, -0.1) is 0 Å². The second kappa shape index (κ2) is 8.90. The number of imide groups is 1. The first-order chi connectivity index (χ1) is 17.1. The second-order valence-electron chi connectivity index (χ2n) is 8.17. The largest absolute Gasteiger partial charge is 0.435 e. The maximum atomic E-state index is 13.5. The van der Waals surface area contributed by atoms with Crippen LogP contribution < -0.4 is 14.7 Å². The van der Waals surface area contributed by atoms with Gasteiger partial charge in [0.15, 0.2) is 6.10 Å². The van der Waals surface area contributed by atoms with Crippen LogP contribution in [-0.4, -0.2) is 24.5 Å². The van der Waals surface area contributed by atoms with Gasteiger partial charge in [-0.05, 0) is 48.0 Å². The number of rotatable bonds is 5. The maximum Gasteiger partial charge on any atom is 0.416 e. The van der Waals surface area contributed by atoms with Crippen molar-refractivity contribution in [1.29, 1.82) is 0 Å². The number of hydroxylamine groups is 1. The fraction of sp³-hybridized carbons (Fsp3) is 0.200. The topological polar surface area (TPSA) is 59.1 Å². The molecule has 2 aliphatic rings. The third kappa shape index (κ3) is 4.15. The average molecular weight is 504 g/mol. The normalized spacial score (nSPS) is 21.9. The maximum absolute atomic E-state index is 13.5. The number of alkyl halides is 5. The van der Waals surface area contributed by atoms with Gasteiger partial charge in [0.2, 0.25) is 5.91 Å². The molecule has 0 bridgehead atoms. The summed E-state index contributed by atoms with van der Waals surface area (Å²) in [6.45, 7) is -3.02. The van der Waals surface area contributed by atoms with Crippen molar-refractivity contribution in [3.05, 3.63) is 90.0 Å². The van der Waals surface area contributed by atoms with E-state index in [1.165, 1.54) is 35.4 Å². The van der Waals surface area contributed by atoms with Crippen molar-refractivity contribution in [2.24, 2.45) is 5.92 Å². The van der Waals surface area contributed by atoms with Gasteiger partial charge >= 0.3 is 12.8 Å².